The van der Waals surface area contributed by atoms with Crippen LogP contribution in [0.5, 0.6) is 0 Å². The molecule has 0 saturated carbocycles. The molecule has 0 spiro atoms. The van der Waals surface area contributed by atoms with Crippen LogP contribution in [0.3, 0.4) is 0 Å². The van der Waals surface area contributed by atoms with Gasteiger partial charge in [-0.25, -0.2) is 0 Å². The van der Waals surface area contributed by atoms with Crippen molar-refractivity contribution in [3.8, 4) is 0 Å². The molecule has 1 aromatic carbocycles. The molecule has 3 nitrogen and oxygen atoms in total. The SMILES string of the molecule is CC(=O)CC1OC(c2ccccc2)=CC1=O. The molecule has 0 aliphatic carbocycles. The van der Waals surface area contributed by atoms with Crippen LogP contribution < -0.4 is 0 Å². The summed E-state index contributed by atoms with van der Waals surface area (Å²) in [5.74, 6) is 0.381. The third-order valence-electron chi connectivity index (χ3n) is 2.39. The Labute approximate surface area is 93.7 Å². The van der Waals surface area contributed by atoms with Crippen LogP contribution in [0.15, 0.2) is 36.4 Å². The molecule has 1 heterocycles. The van der Waals surface area contributed by atoms with E-state index in [0.29, 0.717) is 5.76 Å². The number of hydrogen-bond acceptors (Lipinski definition) is 3. The van der Waals surface area contributed by atoms with Gasteiger partial charge >= 0.3 is 0 Å². The predicted octanol–water partition coefficient (Wildman–Crippen LogP) is 1.97. The second-order valence-electron chi connectivity index (χ2n) is 3.79. The molecule has 0 bridgehead atoms. The number of ether oxygens (including phenoxy) is 1. The lowest BCUT2D eigenvalue weighted by molar-refractivity contribution is -0.126. The Bertz CT molecular complexity index is 446. The Morgan fingerprint density at radius 3 is 2.62 bits per heavy atom. The summed E-state index contributed by atoms with van der Waals surface area (Å²) in [6.45, 7) is 1.46. The van der Waals surface area contributed by atoms with Gasteiger partial charge in [0.25, 0.3) is 0 Å². The molecule has 0 fully saturated rings. The van der Waals surface area contributed by atoms with Crippen LogP contribution >= 0.6 is 0 Å². The lowest BCUT2D eigenvalue weighted by Crippen LogP contribution is -2.19. The van der Waals surface area contributed by atoms with E-state index in [-0.39, 0.29) is 18.0 Å². The normalized spacial score (nSPS) is 19.2. The van der Waals surface area contributed by atoms with E-state index in [4.69, 9.17) is 4.74 Å². The minimum Gasteiger partial charge on any atom is -0.481 e. The smallest absolute Gasteiger partial charge is 0.200 e. The fraction of sp³-hybridized carbons (Fsp3) is 0.231. The summed E-state index contributed by atoms with van der Waals surface area (Å²) in [5.41, 5.74) is 0.863. The maximum Gasteiger partial charge on any atom is 0.200 e. The molecule has 16 heavy (non-hydrogen) atoms. The van der Waals surface area contributed by atoms with Gasteiger partial charge in [0.1, 0.15) is 11.5 Å². The van der Waals surface area contributed by atoms with Crippen molar-refractivity contribution < 1.29 is 14.3 Å². The summed E-state index contributed by atoms with van der Waals surface area (Å²) in [7, 11) is 0. The largest absolute Gasteiger partial charge is 0.481 e. The molecular formula is C13H12O3. The molecule has 1 aliphatic heterocycles. The van der Waals surface area contributed by atoms with E-state index in [1.807, 2.05) is 30.3 Å². The highest BCUT2D eigenvalue weighted by atomic mass is 16.5. The van der Waals surface area contributed by atoms with Gasteiger partial charge in [0.05, 0.1) is 6.42 Å². The first kappa shape index (κ1) is 10.6. The van der Waals surface area contributed by atoms with Crippen LogP contribution in [0.25, 0.3) is 5.76 Å². The van der Waals surface area contributed by atoms with E-state index in [0.717, 1.165) is 5.56 Å². The number of ketones is 2. The van der Waals surface area contributed by atoms with E-state index in [1.54, 1.807) is 0 Å². The van der Waals surface area contributed by atoms with E-state index >= 15 is 0 Å². The minimum absolute atomic E-state index is 0.0407. The molecule has 0 amide bonds. The first-order valence-electron chi connectivity index (χ1n) is 5.14. The fourth-order valence-electron chi connectivity index (χ4n) is 1.62. The van der Waals surface area contributed by atoms with Crippen molar-refractivity contribution in [1.29, 1.82) is 0 Å². The van der Waals surface area contributed by atoms with Gasteiger partial charge in [-0.15, -0.1) is 0 Å². The minimum atomic E-state index is -0.632. The lowest BCUT2D eigenvalue weighted by Gasteiger charge is -2.10. The Morgan fingerprint density at radius 2 is 2.00 bits per heavy atom. The number of Topliss-reactive ketones (excluding diaryl/α,β-unsaturated/α-hetero) is 1. The number of rotatable bonds is 3. The van der Waals surface area contributed by atoms with E-state index < -0.39 is 6.10 Å². The van der Waals surface area contributed by atoms with Crippen LogP contribution in [0, 0.1) is 0 Å². The van der Waals surface area contributed by atoms with Crippen molar-refractivity contribution in [2.75, 3.05) is 0 Å². The standard InChI is InChI=1S/C13H12O3/c1-9(14)7-13-11(15)8-12(16-13)10-5-3-2-4-6-10/h2-6,8,13H,7H2,1H3. The summed E-state index contributed by atoms with van der Waals surface area (Å²) in [5, 5.41) is 0. The van der Waals surface area contributed by atoms with Crippen molar-refractivity contribution in [3.63, 3.8) is 0 Å². The monoisotopic (exact) mass is 216 g/mol. The number of carbonyl (C=O) groups excluding carboxylic acids is 2. The molecule has 82 valence electrons. The molecule has 1 unspecified atom stereocenters. The topological polar surface area (TPSA) is 43.4 Å². The zero-order valence-electron chi connectivity index (χ0n) is 8.97. The summed E-state index contributed by atoms with van der Waals surface area (Å²) in [4.78, 5) is 22.5. The molecule has 1 aliphatic rings. The average Bonchev–Trinajstić information content (AvgIpc) is 2.61. The van der Waals surface area contributed by atoms with Gasteiger partial charge < -0.3 is 4.74 Å². The highest BCUT2D eigenvalue weighted by molar-refractivity contribution is 6.04. The molecule has 0 N–H and O–H groups in total. The quantitative estimate of drug-likeness (QED) is 0.775. The summed E-state index contributed by atoms with van der Waals surface area (Å²) >= 11 is 0. The molecule has 0 aromatic heterocycles. The highest BCUT2D eigenvalue weighted by Gasteiger charge is 2.28. The van der Waals surface area contributed by atoms with E-state index in [2.05, 4.69) is 0 Å². The Balaban J connectivity index is 2.14. The maximum absolute atomic E-state index is 11.5. The van der Waals surface area contributed by atoms with Crippen molar-refractivity contribution >= 4 is 17.3 Å². The Morgan fingerprint density at radius 1 is 1.31 bits per heavy atom. The zero-order valence-corrected chi connectivity index (χ0v) is 8.97. The molecule has 2 rings (SSSR count). The van der Waals surface area contributed by atoms with Crippen LogP contribution in [0.4, 0.5) is 0 Å². The molecular weight excluding hydrogens is 204 g/mol. The Hall–Kier alpha value is -1.90. The zero-order chi connectivity index (χ0) is 11.5. The summed E-state index contributed by atoms with van der Waals surface area (Å²) in [6, 6.07) is 9.39. The van der Waals surface area contributed by atoms with Gasteiger partial charge in [-0.2, -0.15) is 0 Å². The van der Waals surface area contributed by atoms with Gasteiger partial charge in [0, 0.05) is 11.6 Å². The molecule has 0 saturated heterocycles. The summed E-state index contributed by atoms with van der Waals surface area (Å²) < 4.78 is 5.46. The highest BCUT2D eigenvalue weighted by Crippen LogP contribution is 2.25. The number of carbonyl (C=O) groups is 2. The maximum atomic E-state index is 11.5. The van der Waals surface area contributed by atoms with Crippen LogP contribution in [-0.2, 0) is 14.3 Å². The molecule has 0 radical (unpaired) electrons. The molecule has 1 atom stereocenters. The van der Waals surface area contributed by atoms with Gasteiger partial charge in [0.15, 0.2) is 11.9 Å². The van der Waals surface area contributed by atoms with E-state index in [9.17, 15) is 9.59 Å². The first-order chi connectivity index (χ1) is 7.66. The summed E-state index contributed by atoms with van der Waals surface area (Å²) in [6.07, 6.45) is 0.974. The van der Waals surface area contributed by atoms with Crippen LogP contribution in [0.1, 0.15) is 18.9 Å². The van der Waals surface area contributed by atoms with E-state index in [1.165, 1.54) is 13.0 Å². The fourth-order valence-corrected chi connectivity index (χ4v) is 1.62. The van der Waals surface area contributed by atoms with Crippen LogP contribution in [-0.4, -0.2) is 17.7 Å². The Kier molecular flexibility index (Phi) is 2.86. The second kappa shape index (κ2) is 4.31. The second-order valence-corrected chi connectivity index (χ2v) is 3.79. The number of hydrogen-bond donors (Lipinski definition) is 0. The third kappa shape index (κ3) is 2.19. The molecule has 1 aromatic rings. The third-order valence-corrected chi connectivity index (χ3v) is 2.39. The van der Waals surface area contributed by atoms with Gasteiger partial charge in [-0.3, -0.25) is 9.59 Å². The predicted molar refractivity (Wildman–Crippen MR) is 59.6 cm³/mol. The molecule has 3 heteroatoms. The van der Waals surface area contributed by atoms with Crippen LogP contribution in [0.2, 0.25) is 0 Å². The first-order valence-corrected chi connectivity index (χ1v) is 5.14. The number of benzene rings is 1. The van der Waals surface area contributed by atoms with Gasteiger partial charge in [-0.1, -0.05) is 30.3 Å². The van der Waals surface area contributed by atoms with Crippen molar-refractivity contribution in [1.82, 2.24) is 0 Å². The van der Waals surface area contributed by atoms with Crippen molar-refractivity contribution in [3.05, 3.63) is 42.0 Å². The van der Waals surface area contributed by atoms with Crippen molar-refractivity contribution in [2.45, 2.75) is 19.4 Å². The van der Waals surface area contributed by atoms with Gasteiger partial charge in [0.2, 0.25) is 0 Å². The lowest BCUT2D eigenvalue weighted by atomic mass is 10.1. The van der Waals surface area contributed by atoms with Crippen molar-refractivity contribution in [2.24, 2.45) is 0 Å². The van der Waals surface area contributed by atoms with Gasteiger partial charge in [-0.05, 0) is 6.92 Å². The average molecular weight is 216 g/mol.